The van der Waals surface area contributed by atoms with Gasteiger partial charge in [0.25, 0.3) is 0 Å². The number of carbonyl (C=O) groups excluding carboxylic acids is 1. The number of hydrogen-bond donors (Lipinski definition) is 0. The van der Waals surface area contributed by atoms with Crippen LogP contribution in [0.5, 0.6) is 0 Å². The predicted octanol–water partition coefficient (Wildman–Crippen LogP) is 6.01. The summed E-state index contributed by atoms with van der Waals surface area (Å²) in [5.41, 5.74) is 0. The normalized spacial score (nSPS) is 18.6. The fourth-order valence-corrected chi connectivity index (χ4v) is 3.02. The first-order valence-corrected chi connectivity index (χ1v) is 9.36. The van der Waals surface area contributed by atoms with Crippen LogP contribution in [0, 0.1) is 5.92 Å². The highest BCUT2D eigenvalue weighted by Gasteiger charge is 2.30. The number of nitrogens with zero attached hydrogens (tertiary/aromatic N) is 2. The fraction of sp³-hybridized carbons (Fsp3) is 0.944. The summed E-state index contributed by atoms with van der Waals surface area (Å²) in [6, 6.07) is 0. The molecule has 0 fully saturated rings. The standard InChI is InChI=1S/C18H34N2O2/c1-3-4-5-6-7-8-9-10-11-12-13-14-15-16(2)17-18(21)19-20-22-17/h16-17H,3-15H2,1-2H3. The number of carbonyl (C=O) groups is 1. The highest BCUT2D eigenvalue weighted by Crippen LogP contribution is 2.21. The molecule has 0 aromatic carbocycles. The second kappa shape index (κ2) is 12.6. The smallest absolute Gasteiger partial charge is 0.311 e. The molecule has 0 aliphatic carbocycles. The first kappa shape index (κ1) is 19.1. The monoisotopic (exact) mass is 310 g/mol. The lowest BCUT2D eigenvalue weighted by Gasteiger charge is -2.14. The molecule has 0 saturated heterocycles. The lowest BCUT2D eigenvalue weighted by Crippen LogP contribution is -2.24. The highest BCUT2D eigenvalue weighted by atomic mass is 16.7. The predicted molar refractivity (Wildman–Crippen MR) is 89.6 cm³/mol. The maximum Gasteiger partial charge on any atom is 0.311 e. The van der Waals surface area contributed by atoms with Crippen molar-refractivity contribution in [1.29, 1.82) is 0 Å². The summed E-state index contributed by atoms with van der Waals surface area (Å²) in [7, 11) is 0. The van der Waals surface area contributed by atoms with Crippen molar-refractivity contribution in [3.05, 3.63) is 0 Å². The van der Waals surface area contributed by atoms with Gasteiger partial charge in [-0.1, -0.05) is 96.0 Å². The minimum absolute atomic E-state index is 0.216. The minimum Gasteiger partial charge on any atom is -0.365 e. The first-order valence-electron chi connectivity index (χ1n) is 9.36. The van der Waals surface area contributed by atoms with Crippen LogP contribution in [0.2, 0.25) is 0 Å². The lowest BCUT2D eigenvalue weighted by atomic mass is 9.96. The van der Waals surface area contributed by atoms with Crippen LogP contribution in [-0.2, 0) is 9.63 Å². The summed E-state index contributed by atoms with van der Waals surface area (Å²) in [5, 5.41) is 6.76. The van der Waals surface area contributed by atoms with E-state index in [1.807, 2.05) is 0 Å². The molecule has 1 aliphatic rings. The van der Waals surface area contributed by atoms with Crippen LogP contribution < -0.4 is 0 Å². The molecule has 2 atom stereocenters. The Hall–Kier alpha value is -0.930. The van der Waals surface area contributed by atoms with Crippen LogP contribution in [-0.4, -0.2) is 12.0 Å². The van der Waals surface area contributed by atoms with Crippen molar-refractivity contribution in [3.63, 3.8) is 0 Å². The van der Waals surface area contributed by atoms with Crippen LogP contribution >= 0.6 is 0 Å². The Morgan fingerprint density at radius 3 is 1.86 bits per heavy atom. The minimum atomic E-state index is -0.423. The summed E-state index contributed by atoms with van der Waals surface area (Å²) < 4.78 is 0. The Balaban J connectivity index is 1.81. The van der Waals surface area contributed by atoms with Crippen molar-refractivity contribution >= 4 is 5.91 Å². The van der Waals surface area contributed by atoms with Crippen molar-refractivity contribution in [2.75, 3.05) is 0 Å². The lowest BCUT2D eigenvalue weighted by molar-refractivity contribution is -0.126. The van der Waals surface area contributed by atoms with Gasteiger partial charge in [0.05, 0.1) is 0 Å². The molecule has 0 bridgehead atoms. The molecule has 1 aliphatic heterocycles. The van der Waals surface area contributed by atoms with E-state index in [0.29, 0.717) is 0 Å². The second-order valence-electron chi connectivity index (χ2n) is 6.70. The molecule has 0 spiro atoms. The molecular formula is C18H34N2O2. The summed E-state index contributed by atoms with van der Waals surface area (Å²) >= 11 is 0. The van der Waals surface area contributed by atoms with Gasteiger partial charge in [0.1, 0.15) is 0 Å². The average molecular weight is 310 g/mol. The molecule has 0 N–H and O–H groups in total. The van der Waals surface area contributed by atoms with Crippen LogP contribution in [0.25, 0.3) is 0 Å². The largest absolute Gasteiger partial charge is 0.365 e. The van der Waals surface area contributed by atoms with Gasteiger partial charge in [0, 0.05) is 11.2 Å². The van der Waals surface area contributed by atoms with Gasteiger partial charge in [0.15, 0.2) is 0 Å². The van der Waals surface area contributed by atoms with Gasteiger partial charge >= 0.3 is 5.91 Å². The quantitative estimate of drug-likeness (QED) is 0.369. The van der Waals surface area contributed by atoms with Gasteiger partial charge in [-0.05, 0) is 6.42 Å². The van der Waals surface area contributed by atoms with Crippen molar-refractivity contribution in [3.8, 4) is 0 Å². The van der Waals surface area contributed by atoms with Crippen LogP contribution in [0.15, 0.2) is 10.4 Å². The van der Waals surface area contributed by atoms with E-state index >= 15 is 0 Å². The van der Waals surface area contributed by atoms with Gasteiger partial charge in [-0.3, -0.25) is 4.79 Å². The van der Waals surface area contributed by atoms with E-state index in [0.717, 1.165) is 6.42 Å². The Kier molecular flexibility index (Phi) is 10.9. The zero-order chi connectivity index (χ0) is 16.0. The second-order valence-corrected chi connectivity index (χ2v) is 6.70. The summed E-state index contributed by atoms with van der Waals surface area (Å²) in [5.74, 6) is 0.0112. The average Bonchev–Trinajstić information content (AvgIpc) is 2.94. The molecule has 22 heavy (non-hydrogen) atoms. The summed E-state index contributed by atoms with van der Waals surface area (Å²) in [4.78, 5) is 16.3. The third-order valence-electron chi connectivity index (χ3n) is 4.57. The van der Waals surface area contributed by atoms with Crippen LogP contribution in [0.4, 0.5) is 0 Å². The number of hydrogen-bond acceptors (Lipinski definition) is 3. The molecule has 0 radical (unpaired) electrons. The molecule has 0 aromatic heterocycles. The Morgan fingerprint density at radius 2 is 1.41 bits per heavy atom. The van der Waals surface area contributed by atoms with E-state index in [1.165, 1.54) is 77.0 Å². The molecule has 0 aromatic rings. The fourth-order valence-electron chi connectivity index (χ4n) is 3.02. The van der Waals surface area contributed by atoms with Gasteiger partial charge in [-0.2, -0.15) is 0 Å². The van der Waals surface area contributed by atoms with E-state index in [1.54, 1.807) is 0 Å². The Labute approximate surface area is 136 Å². The molecule has 0 saturated carbocycles. The summed E-state index contributed by atoms with van der Waals surface area (Å²) in [6.45, 7) is 4.32. The molecule has 1 amide bonds. The van der Waals surface area contributed by atoms with Crippen LogP contribution in [0.3, 0.4) is 0 Å². The molecule has 1 rings (SSSR count). The molecule has 2 unspecified atom stereocenters. The number of unbranched alkanes of at least 4 members (excludes halogenated alkanes) is 11. The zero-order valence-electron chi connectivity index (χ0n) is 14.6. The van der Waals surface area contributed by atoms with Gasteiger partial charge in [-0.15, -0.1) is 0 Å². The van der Waals surface area contributed by atoms with Gasteiger partial charge < -0.3 is 4.84 Å². The van der Waals surface area contributed by atoms with E-state index in [4.69, 9.17) is 4.84 Å². The van der Waals surface area contributed by atoms with E-state index in [2.05, 4.69) is 24.2 Å². The number of amides is 1. The van der Waals surface area contributed by atoms with E-state index < -0.39 is 6.10 Å². The zero-order valence-corrected chi connectivity index (χ0v) is 14.6. The van der Waals surface area contributed by atoms with Gasteiger partial charge in [-0.25, -0.2) is 0 Å². The van der Waals surface area contributed by atoms with Crippen LogP contribution in [0.1, 0.15) is 97.3 Å². The SMILES string of the molecule is CCCCCCCCCCCCCCC(C)C1ON=NC1=O. The Bertz CT molecular complexity index is 318. The van der Waals surface area contributed by atoms with E-state index in [-0.39, 0.29) is 11.8 Å². The van der Waals surface area contributed by atoms with Crippen molar-refractivity contribution in [1.82, 2.24) is 0 Å². The molecule has 4 nitrogen and oxygen atoms in total. The molecule has 4 heteroatoms. The molecular weight excluding hydrogens is 276 g/mol. The van der Waals surface area contributed by atoms with E-state index in [9.17, 15) is 4.79 Å². The number of rotatable bonds is 14. The first-order chi connectivity index (χ1) is 10.8. The Morgan fingerprint density at radius 1 is 0.909 bits per heavy atom. The van der Waals surface area contributed by atoms with Crippen molar-refractivity contribution < 1.29 is 9.63 Å². The third kappa shape index (κ3) is 8.50. The highest BCUT2D eigenvalue weighted by molar-refractivity contribution is 5.82. The topological polar surface area (TPSA) is 51.0 Å². The summed E-state index contributed by atoms with van der Waals surface area (Å²) in [6.07, 6.45) is 16.9. The maximum atomic E-state index is 11.3. The van der Waals surface area contributed by atoms with Crippen molar-refractivity contribution in [2.24, 2.45) is 16.3 Å². The van der Waals surface area contributed by atoms with Crippen molar-refractivity contribution in [2.45, 2.75) is 103 Å². The third-order valence-corrected chi connectivity index (χ3v) is 4.57. The molecule has 128 valence electrons. The maximum absolute atomic E-state index is 11.3. The molecule has 1 heterocycles. The van der Waals surface area contributed by atoms with Gasteiger partial charge in [0.2, 0.25) is 6.10 Å².